The Morgan fingerprint density at radius 2 is 1.93 bits per heavy atom. The molecule has 1 heterocycles. The number of rotatable bonds is 6. The maximum absolute atomic E-state index is 12.9. The van der Waals surface area contributed by atoms with Crippen LogP contribution in [-0.4, -0.2) is 13.0 Å². The van der Waals surface area contributed by atoms with Crippen LogP contribution in [0.15, 0.2) is 46.1 Å². The zero-order valence-electron chi connectivity index (χ0n) is 16.1. The summed E-state index contributed by atoms with van der Waals surface area (Å²) in [7, 11) is -3.68. The minimum absolute atomic E-state index is 0.0501. The monoisotopic (exact) mass is 416 g/mol. The number of aryl methyl sites for hydroxylation is 3. The Hall–Kier alpha value is -1.96. The number of nitrogens with zero attached hydrogens (tertiary/aromatic N) is 1. The lowest BCUT2D eigenvalue weighted by molar-refractivity contribution is 0.567. The van der Waals surface area contributed by atoms with Crippen molar-refractivity contribution in [3.63, 3.8) is 0 Å². The fourth-order valence-electron chi connectivity index (χ4n) is 3.88. The number of nitrogens with one attached hydrogen (secondary N) is 1. The summed E-state index contributed by atoms with van der Waals surface area (Å²) < 4.78 is 31.0. The summed E-state index contributed by atoms with van der Waals surface area (Å²) in [6, 6.07) is 10.8. The highest BCUT2D eigenvalue weighted by Gasteiger charge is 2.21. The van der Waals surface area contributed by atoms with E-state index < -0.39 is 10.0 Å². The molecule has 0 radical (unpaired) electrons. The summed E-state index contributed by atoms with van der Waals surface area (Å²) in [6.07, 6.45) is 4.19. The van der Waals surface area contributed by atoms with Crippen LogP contribution in [0, 0.1) is 0 Å². The molecule has 28 heavy (non-hydrogen) atoms. The molecule has 1 aromatic heterocycles. The second-order valence-electron chi connectivity index (χ2n) is 7.37. The zero-order valence-corrected chi connectivity index (χ0v) is 17.7. The van der Waals surface area contributed by atoms with E-state index >= 15 is 0 Å². The van der Waals surface area contributed by atoms with Crippen LogP contribution in [0.5, 0.6) is 0 Å². The van der Waals surface area contributed by atoms with Gasteiger partial charge in [-0.15, -0.1) is 0 Å². The molecule has 1 N–H and O–H groups in total. The highest BCUT2D eigenvalue weighted by molar-refractivity contribution is 7.89. The summed E-state index contributed by atoms with van der Waals surface area (Å²) in [4.78, 5) is 12.3. The summed E-state index contributed by atoms with van der Waals surface area (Å²) >= 11 is 1.09. The Morgan fingerprint density at radius 3 is 2.71 bits per heavy atom. The molecular weight excluding hydrogens is 392 g/mol. The Morgan fingerprint density at radius 1 is 1.14 bits per heavy atom. The van der Waals surface area contributed by atoms with E-state index in [2.05, 4.69) is 16.9 Å². The normalized spacial score (nSPS) is 15.1. The van der Waals surface area contributed by atoms with Crippen molar-refractivity contribution in [2.75, 3.05) is 0 Å². The minimum Gasteiger partial charge on any atom is -0.299 e. The largest absolute Gasteiger partial charge is 0.308 e. The number of benzene rings is 2. The molecule has 0 aliphatic heterocycles. The van der Waals surface area contributed by atoms with Crippen molar-refractivity contribution in [2.24, 2.45) is 0 Å². The van der Waals surface area contributed by atoms with Gasteiger partial charge in [-0.05, 0) is 67.5 Å². The lowest BCUT2D eigenvalue weighted by Crippen LogP contribution is -2.27. The van der Waals surface area contributed by atoms with Crippen LogP contribution in [0.1, 0.15) is 49.4 Å². The predicted octanol–water partition coefficient (Wildman–Crippen LogP) is 4.00. The van der Waals surface area contributed by atoms with Gasteiger partial charge in [-0.25, -0.2) is 13.1 Å². The van der Waals surface area contributed by atoms with E-state index in [-0.39, 0.29) is 15.8 Å². The van der Waals surface area contributed by atoms with Crippen LogP contribution in [0.25, 0.3) is 10.2 Å². The van der Waals surface area contributed by atoms with Gasteiger partial charge in [-0.3, -0.25) is 9.36 Å². The number of fused-ring (bicyclic) bond motifs is 2. The smallest absolute Gasteiger partial charge is 0.299 e. The molecule has 0 saturated carbocycles. The molecule has 148 valence electrons. The third-order valence-corrected chi connectivity index (χ3v) is 7.83. The molecule has 1 atom stereocenters. The van der Waals surface area contributed by atoms with Crippen molar-refractivity contribution in [3.8, 4) is 0 Å². The fraction of sp³-hybridized carbons (Fsp3) is 0.381. The molecular formula is C21H24N2O3S2. The van der Waals surface area contributed by atoms with Crippen molar-refractivity contribution in [2.45, 2.75) is 57.0 Å². The molecule has 7 heteroatoms. The van der Waals surface area contributed by atoms with Gasteiger partial charge in [0, 0.05) is 12.6 Å². The summed E-state index contributed by atoms with van der Waals surface area (Å²) in [5.41, 5.74) is 4.47. The fourth-order valence-corrected chi connectivity index (χ4v) is 6.17. The van der Waals surface area contributed by atoms with Gasteiger partial charge in [0.25, 0.3) is 0 Å². The first kappa shape index (κ1) is 19.4. The molecule has 0 amide bonds. The van der Waals surface area contributed by atoms with Gasteiger partial charge < -0.3 is 0 Å². The van der Waals surface area contributed by atoms with Crippen molar-refractivity contribution in [3.05, 3.63) is 62.8 Å². The molecule has 1 aliphatic rings. The third kappa shape index (κ3) is 3.54. The number of hydrogen-bond acceptors (Lipinski definition) is 4. The SMILES string of the molecule is CCCn1c(=O)sc2cc(S(=O)(=O)N[C@H](C)c3ccc4c(c3)CCC4)ccc21. The van der Waals surface area contributed by atoms with Crippen molar-refractivity contribution < 1.29 is 8.42 Å². The van der Waals surface area contributed by atoms with Crippen LogP contribution in [0.4, 0.5) is 0 Å². The molecule has 4 rings (SSSR count). The van der Waals surface area contributed by atoms with Crippen LogP contribution in [0.3, 0.4) is 0 Å². The van der Waals surface area contributed by atoms with Gasteiger partial charge in [0.05, 0.1) is 15.1 Å². The van der Waals surface area contributed by atoms with E-state index in [4.69, 9.17) is 0 Å². The first-order chi connectivity index (χ1) is 13.4. The number of thiazole rings is 1. The van der Waals surface area contributed by atoms with Crippen LogP contribution in [0.2, 0.25) is 0 Å². The second-order valence-corrected chi connectivity index (χ2v) is 10.1. The Labute approximate surface area is 169 Å². The molecule has 5 nitrogen and oxygen atoms in total. The molecule has 0 spiro atoms. The lowest BCUT2D eigenvalue weighted by atomic mass is 10.0. The van der Waals surface area contributed by atoms with Crippen LogP contribution < -0.4 is 9.60 Å². The molecule has 3 aromatic rings. The lowest BCUT2D eigenvalue weighted by Gasteiger charge is -2.16. The topological polar surface area (TPSA) is 68.2 Å². The van der Waals surface area contributed by atoms with Crippen LogP contribution >= 0.6 is 11.3 Å². The van der Waals surface area contributed by atoms with Crippen molar-refractivity contribution >= 4 is 31.6 Å². The van der Waals surface area contributed by atoms with E-state index in [1.165, 1.54) is 17.5 Å². The second kappa shape index (κ2) is 7.46. The van der Waals surface area contributed by atoms with E-state index in [0.717, 1.165) is 41.7 Å². The van der Waals surface area contributed by atoms with E-state index in [9.17, 15) is 13.2 Å². The van der Waals surface area contributed by atoms with Crippen molar-refractivity contribution in [1.82, 2.24) is 9.29 Å². The van der Waals surface area contributed by atoms with Gasteiger partial charge in [0.2, 0.25) is 10.0 Å². The first-order valence-corrected chi connectivity index (χ1v) is 12.0. The summed E-state index contributed by atoms with van der Waals surface area (Å²) in [5.74, 6) is 0. The average Bonchev–Trinajstić information content (AvgIpc) is 3.25. The van der Waals surface area contributed by atoms with E-state index in [0.29, 0.717) is 11.2 Å². The average molecular weight is 417 g/mol. The Bertz CT molecular complexity index is 1190. The molecule has 1 aliphatic carbocycles. The summed E-state index contributed by atoms with van der Waals surface area (Å²) in [6.45, 7) is 4.51. The highest BCUT2D eigenvalue weighted by atomic mass is 32.2. The van der Waals surface area contributed by atoms with Gasteiger partial charge in [-0.2, -0.15) is 0 Å². The maximum atomic E-state index is 12.9. The first-order valence-electron chi connectivity index (χ1n) is 9.66. The van der Waals surface area contributed by atoms with Gasteiger partial charge in [-0.1, -0.05) is 36.5 Å². The van der Waals surface area contributed by atoms with Crippen LogP contribution in [-0.2, 0) is 29.4 Å². The van der Waals surface area contributed by atoms with Gasteiger partial charge in [0.15, 0.2) is 0 Å². The van der Waals surface area contributed by atoms with Gasteiger partial charge >= 0.3 is 4.87 Å². The number of aromatic nitrogens is 1. The van der Waals surface area contributed by atoms with Crippen molar-refractivity contribution in [1.29, 1.82) is 0 Å². The number of hydrogen-bond donors (Lipinski definition) is 1. The van der Waals surface area contributed by atoms with E-state index in [1.54, 1.807) is 22.8 Å². The van der Waals surface area contributed by atoms with E-state index in [1.807, 2.05) is 19.9 Å². The summed E-state index contributed by atoms with van der Waals surface area (Å²) in [5, 5.41) is 0. The maximum Gasteiger partial charge on any atom is 0.308 e. The molecule has 0 unspecified atom stereocenters. The molecule has 0 bridgehead atoms. The third-order valence-electron chi connectivity index (χ3n) is 5.35. The Balaban J connectivity index is 1.62. The minimum atomic E-state index is -3.68. The molecule has 2 aromatic carbocycles. The Kier molecular flexibility index (Phi) is 5.16. The van der Waals surface area contributed by atoms with Gasteiger partial charge in [0.1, 0.15) is 0 Å². The quantitative estimate of drug-likeness (QED) is 0.660. The zero-order chi connectivity index (χ0) is 19.9. The number of sulfonamides is 1. The standard InChI is InChI=1S/C21H24N2O3S2/c1-3-11-23-19-10-9-18(13-20(19)27-21(23)24)28(25,26)22-14(2)16-8-7-15-5-4-6-17(15)12-16/h7-10,12-14,22H,3-6,11H2,1-2H3/t14-/m1/s1. The molecule has 0 fully saturated rings. The highest BCUT2D eigenvalue weighted by Crippen LogP contribution is 2.27. The predicted molar refractivity (Wildman–Crippen MR) is 114 cm³/mol. The molecule has 0 saturated heterocycles.